The second-order valence-electron chi connectivity index (χ2n) is 4.96. The minimum absolute atomic E-state index is 1.16. The maximum absolute atomic E-state index is 2.41. The van der Waals surface area contributed by atoms with Crippen molar-refractivity contribution in [3.8, 4) is 0 Å². The molecule has 82 valence electrons. The average molecular weight is 206 g/mol. The number of hydrogen-bond donors (Lipinski definition) is 0. The fourth-order valence-electron chi connectivity index (χ4n) is 2.54. The van der Waals surface area contributed by atoms with Gasteiger partial charge in [-0.1, -0.05) is 6.07 Å². The van der Waals surface area contributed by atoms with E-state index in [2.05, 4.69) is 42.2 Å². The summed E-state index contributed by atoms with van der Waals surface area (Å²) in [5, 5.41) is 0. The molecule has 0 radical (unpaired) electrons. The molecule has 15 heavy (non-hydrogen) atoms. The molecule has 2 nitrogen and oxygen atoms in total. The molecule has 0 atom stereocenters. The van der Waals surface area contributed by atoms with E-state index in [9.17, 15) is 0 Å². The van der Waals surface area contributed by atoms with Crippen molar-refractivity contribution in [2.75, 3.05) is 26.7 Å². The van der Waals surface area contributed by atoms with E-state index in [0.717, 1.165) is 6.54 Å². The van der Waals surface area contributed by atoms with Crippen molar-refractivity contribution in [2.45, 2.75) is 25.8 Å². The lowest BCUT2D eigenvalue weighted by Crippen LogP contribution is -2.43. The van der Waals surface area contributed by atoms with Crippen LogP contribution in [0.15, 0.2) is 30.6 Å². The Bertz CT molecular complexity index is 289. The summed E-state index contributed by atoms with van der Waals surface area (Å²) in [6.45, 7) is 5.27. The summed E-state index contributed by atoms with van der Waals surface area (Å²) in [4.78, 5) is 0. The molecule has 1 saturated heterocycles. The van der Waals surface area contributed by atoms with Crippen LogP contribution in [0.5, 0.6) is 0 Å². The molecule has 1 fully saturated rings. The third-order valence-electron chi connectivity index (χ3n) is 3.54. The zero-order valence-electron chi connectivity index (χ0n) is 9.73. The predicted octanol–water partition coefficient (Wildman–Crippen LogP) is 1.60. The summed E-state index contributed by atoms with van der Waals surface area (Å²) < 4.78 is 3.58. The van der Waals surface area contributed by atoms with Gasteiger partial charge in [-0.3, -0.25) is 0 Å². The molecule has 0 bridgehead atoms. The highest BCUT2D eigenvalue weighted by Crippen LogP contribution is 2.16. The van der Waals surface area contributed by atoms with E-state index in [4.69, 9.17) is 0 Å². The second-order valence-corrected chi connectivity index (χ2v) is 4.96. The van der Waals surface area contributed by atoms with Crippen LogP contribution < -0.4 is 4.57 Å². The van der Waals surface area contributed by atoms with Crippen LogP contribution in [0.4, 0.5) is 0 Å². The third kappa shape index (κ3) is 3.03. The van der Waals surface area contributed by atoms with Crippen molar-refractivity contribution in [1.82, 2.24) is 0 Å². The number of aromatic nitrogens is 1. The lowest BCUT2D eigenvalue weighted by molar-refractivity contribution is -0.900. The summed E-state index contributed by atoms with van der Waals surface area (Å²) in [5.74, 6) is 0. The maximum atomic E-state index is 2.41. The number of likely N-dealkylation sites (tertiary alicyclic amines) is 1. The van der Waals surface area contributed by atoms with Crippen molar-refractivity contribution in [3.63, 3.8) is 0 Å². The van der Waals surface area contributed by atoms with Gasteiger partial charge in [-0.15, -0.1) is 0 Å². The van der Waals surface area contributed by atoms with Crippen molar-refractivity contribution in [1.29, 1.82) is 0 Å². The molecule has 1 aliphatic heterocycles. The largest absolute Gasteiger partial charge is 0.326 e. The Morgan fingerprint density at radius 1 is 1.07 bits per heavy atom. The van der Waals surface area contributed by atoms with Crippen molar-refractivity contribution >= 4 is 0 Å². The molecule has 2 heteroatoms. The van der Waals surface area contributed by atoms with Crippen LogP contribution in [0.2, 0.25) is 0 Å². The molecule has 2 heterocycles. The fourth-order valence-corrected chi connectivity index (χ4v) is 2.54. The molecule has 0 aromatic carbocycles. The SMILES string of the molecule is C[N+]1(CCC[n+]2ccccc2)CCCC1. The van der Waals surface area contributed by atoms with E-state index in [1.807, 2.05) is 0 Å². The lowest BCUT2D eigenvalue weighted by Gasteiger charge is -2.28. The van der Waals surface area contributed by atoms with Crippen LogP contribution in [0.25, 0.3) is 0 Å². The van der Waals surface area contributed by atoms with Gasteiger partial charge in [-0.25, -0.2) is 4.57 Å². The Morgan fingerprint density at radius 3 is 2.40 bits per heavy atom. The van der Waals surface area contributed by atoms with Gasteiger partial charge >= 0.3 is 0 Å². The van der Waals surface area contributed by atoms with E-state index in [0.29, 0.717) is 0 Å². The molecule has 0 N–H and O–H groups in total. The highest BCUT2D eigenvalue weighted by atomic mass is 15.3. The van der Waals surface area contributed by atoms with Crippen molar-refractivity contribution < 1.29 is 9.05 Å². The molecular weight excluding hydrogens is 184 g/mol. The van der Waals surface area contributed by atoms with Crippen LogP contribution in [0, 0.1) is 0 Å². The topological polar surface area (TPSA) is 3.88 Å². The minimum atomic E-state index is 1.16. The van der Waals surface area contributed by atoms with Gasteiger partial charge in [0.15, 0.2) is 18.9 Å². The van der Waals surface area contributed by atoms with E-state index in [1.165, 1.54) is 43.4 Å². The normalized spacial score (nSPS) is 19.3. The summed E-state index contributed by atoms with van der Waals surface area (Å²) >= 11 is 0. The van der Waals surface area contributed by atoms with Gasteiger partial charge in [-0.05, 0) is 0 Å². The molecule has 0 amide bonds. The fraction of sp³-hybridized carbons (Fsp3) is 0.615. The minimum Gasteiger partial charge on any atom is -0.326 e. The molecule has 1 aromatic rings. The zero-order valence-corrected chi connectivity index (χ0v) is 9.73. The first-order chi connectivity index (χ1) is 7.29. The number of hydrogen-bond acceptors (Lipinski definition) is 0. The molecule has 2 rings (SSSR count). The number of quaternary nitrogens is 1. The first-order valence-electron chi connectivity index (χ1n) is 6.06. The van der Waals surface area contributed by atoms with Crippen LogP contribution >= 0.6 is 0 Å². The Morgan fingerprint density at radius 2 is 1.73 bits per heavy atom. The van der Waals surface area contributed by atoms with Gasteiger partial charge in [0.25, 0.3) is 0 Å². The molecule has 0 spiro atoms. The van der Waals surface area contributed by atoms with Crippen LogP contribution in [-0.2, 0) is 6.54 Å². The maximum Gasteiger partial charge on any atom is 0.168 e. The van der Waals surface area contributed by atoms with Crippen molar-refractivity contribution in [2.24, 2.45) is 0 Å². The molecule has 0 aliphatic carbocycles. The van der Waals surface area contributed by atoms with Gasteiger partial charge < -0.3 is 4.48 Å². The monoisotopic (exact) mass is 206 g/mol. The Kier molecular flexibility index (Phi) is 3.37. The van der Waals surface area contributed by atoms with Crippen LogP contribution in [0.3, 0.4) is 0 Å². The molecule has 0 saturated carbocycles. The summed E-state index contributed by atoms with van der Waals surface area (Å²) in [6, 6.07) is 6.28. The van der Waals surface area contributed by atoms with Gasteiger partial charge in [-0.2, -0.15) is 0 Å². The van der Waals surface area contributed by atoms with Gasteiger partial charge in [0, 0.05) is 25.0 Å². The summed E-state index contributed by atoms with van der Waals surface area (Å²) in [5.41, 5.74) is 0. The highest BCUT2D eigenvalue weighted by molar-refractivity contribution is 4.83. The average Bonchev–Trinajstić information content (AvgIpc) is 2.67. The van der Waals surface area contributed by atoms with E-state index in [-0.39, 0.29) is 0 Å². The van der Waals surface area contributed by atoms with Crippen LogP contribution in [-0.4, -0.2) is 31.2 Å². The molecule has 1 aromatic heterocycles. The number of aryl methyl sites for hydroxylation is 1. The quantitative estimate of drug-likeness (QED) is 0.520. The summed E-state index contributed by atoms with van der Waals surface area (Å²) in [6.07, 6.45) is 8.46. The van der Waals surface area contributed by atoms with Crippen molar-refractivity contribution in [3.05, 3.63) is 30.6 Å². The number of rotatable bonds is 4. The summed E-state index contributed by atoms with van der Waals surface area (Å²) in [7, 11) is 2.41. The van der Waals surface area contributed by atoms with Crippen LogP contribution in [0.1, 0.15) is 19.3 Å². The number of nitrogens with zero attached hydrogens (tertiary/aromatic N) is 2. The molecule has 1 aliphatic rings. The van der Waals surface area contributed by atoms with Gasteiger partial charge in [0.2, 0.25) is 0 Å². The zero-order chi connectivity index (χ0) is 10.6. The molecular formula is C13H22N2+2. The third-order valence-corrected chi connectivity index (χ3v) is 3.54. The van der Waals surface area contributed by atoms with E-state index >= 15 is 0 Å². The molecule has 0 unspecified atom stereocenters. The first-order valence-corrected chi connectivity index (χ1v) is 6.06. The smallest absolute Gasteiger partial charge is 0.168 e. The Hall–Kier alpha value is -0.890. The van der Waals surface area contributed by atoms with E-state index < -0.39 is 0 Å². The number of pyridine rings is 1. The Balaban J connectivity index is 1.75. The first kappa shape index (κ1) is 10.6. The second kappa shape index (κ2) is 4.75. The van der Waals surface area contributed by atoms with Gasteiger partial charge in [0.1, 0.15) is 0 Å². The van der Waals surface area contributed by atoms with Gasteiger partial charge in [0.05, 0.1) is 33.1 Å². The van der Waals surface area contributed by atoms with E-state index in [1.54, 1.807) is 0 Å². The highest BCUT2D eigenvalue weighted by Gasteiger charge is 2.26. The standard InChI is InChI=1S/C13H22N2/c1-15(11-5-6-12-15)13-7-10-14-8-3-2-4-9-14/h2-4,8-9H,5-7,10-13H2,1H3/q+2. The lowest BCUT2D eigenvalue weighted by atomic mass is 10.3. The Labute approximate surface area is 92.7 Å². The predicted molar refractivity (Wildman–Crippen MR) is 61.3 cm³/mol.